The summed E-state index contributed by atoms with van der Waals surface area (Å²) >= 11 is 5.98. The number of hydrogen-bond acceptors (Lipinski definition) is 3. The second-order valence-corrected chi connectivity index (χ2v) is 6.22. The number of amides is 1. The number of nitrogens with zero attached hydrogens (tertiary/aromatic N) is 2. The number of fused-ring (bicyclic) bond motifs is 1. The molecule has 0 atom stereocenters. The second kappa shape index (κ2) is 6.94. The highest BCUT2D eigenvalue weighted by Crippen LogP contribution is 2.27. The molecular formula is C21H14ClN3O. The van der Waals surface area contributed by atoms with Gasteiger partial charge in [-0.15, -0.1) is 0 Å². The molecule has 126 valence electrons. The van der Waals surface area contributed by atoms with Gasteiger partial charge < -0.3 is 5.32 Å². The third kappa shape index (κ3) is 3.27. The summed E-state index contributed by atoms with van der Waals surface area (Å²) in [6.45, 7) is 0. The maximum absolute atomic E-state index is 12.5. The predicted octanol–water partition coefficient (Wildman–Crippen LogP) is 5.20. The molecule has 4 nitrogen and oxygen atoms in total. The number of nitrogens with one attached hydrogen (secondary N) is 1. The lowest BCUT2D eigenvalue weighted by molar-refractivity contribution is 0.102. The number of anilines is 1. The van der Waals surface area contributed by atoms with Crippen molar-refractivity contribution in [2.45, 2.75) is 0 Å². The number of benzene rings is 2. The number of rotatable bonds is 3. The van der Waals surface area contributed by atoms with E-state index in [9.17, 15) is 4.79 Å². The van der Waals surface area contributed by atoms with Crippen molar-refractivity contribution < 1.29 is 4.79 Å². The molecule has 0 fully saturated rings. The van der Waals surface area contributed by atoms with Gasteiger partial charge in [-0.05, 0) is 42.0 Å². The van der Waals surface area contributed by atoms with E-state index in [0.717, 1.165) is 27.7 Å². The van der Waals surface area contributed by atoms with Gasteiger partial charge in [0, 0.05) is 34.1 Å². The Balaban J connectivity index is 1.75. The zero-order valence-electron chi connectivity index (χ0n) is 13.7. The van der Waals surface area contributed by atoms with Crippen LogP contribution in [0.25, 0.3) is 22.0 Å². The minimum atomic E-state index is -0.253. The fourth-order valence-corrected chi connectivity index (χ4v) is 2.85. The van der Waals surface area contributed by atoms with Crippen molar-refractivity contribution in [3.05, 3.63) is 89.8 Å². The lowest BCUT2D eigenvalue weighted by Crippen LogP contribution is -2.13. The minimum absolute atomic E-state index is 0.253. The molecular weight excluding hydrogens is 346 g/mol. The molecule has 1 amide bonds. The Hall–Kier alpha value is -3.24. The summed E-state index contributed by atoms with van der Waals surface area (Å²) in [5, 5.41) is 4.39. The van der Waals surface area contributed by atoms with E-state index in [1.54, 1.807) is 18.5 Å². The maximum atomic E-state index is 12.5. The molecule has 2 aromatic carbocycles. The van der Waals surface area contributed by atoms with Crippen molar-refractivity contribution in [1.29, 1.82) is 0 Å². The molecule has 2 aromatic heterocycles. The number of para-hydroxylation sites is 1. The van der Waals surface area contributed by atoms with Gasteiger partial charge in [-0.2, -0.15) is 0 Å². The monoisotopic (exact) mass is 359 g/mol. The van der Waals surface area contributed by atoms with E-state index in [1.165, 1.54) is 0 Å². The highest BCUT2D eigenvalue weighted by Gasteiger charge is 2.12. The van der Waals surface area contributed by atoms with Crippen LogP contribution in [0.2, 0.25) is 5.02 Å². The van der Waals surface area contributed by atoms with Crippen LogP contribution in [0.15, 0.2) is 79.1 Å². The number of carbonyl (C=O) groups excluding carboxylic acids is 1. The highest BCUT2D eigenvalue weighted by molar-refractivity contribution is 6.30. The van der Waals surface area contributed by atoms with Gasteiger partial charge in [0.25, 0.3) is 5.91 Å². The van der Waals surface area contributed by atoms with Crippen LogP contribution in [0.4, 0.5) is 5.69 Å². The van der Waals surface area contributed by atoms with Crippen LogP contribution in [-0.4, -0.2) is 15.9 Å². The van der Waals surface area contributed by atoms with Crippen molar-refractivity contribution in [3.8, 4) is 11.1 Å². The summed E-state index contributed by atoms with van der Waals surface area (Å²) in [7, 11) is 0. The van der Waals surface area contributed by atoms with Crippen LogP contribution in [0.5, 0.6) is 0 Å². The third-order valence-electron chi connectivity index (χ3n) is 4.02. The number of pyridine rings is 2. The Morgan fingerprint density at radius 3 is 2.42 bits per heavy atom. The van der Waals surface area contributed by atoms with E-state index in [4.69, 9.17) is 11.6 Å². The van der Waals surface area contributed by atoms with E-state index >= 15 is 0 Å². The smallest absolute Gasteiger partial charge is 0.274 e. The van der Waals surface area contributed by atoms with Crippen LogP contribution in [0.3, 0.4) is 0 Å². The zero-order chi connectivity index (χ0) is 17.9. The quantitative estimate of drug-likeness (QED) is 0.546. The van der Waals surface area contributed by atoms with E-state index < -0.39 is 0 Å². The van der Waals surface area contributed by atoms with Gasteiger partial charge in [-0.3, -0.25) is 9.78 Å². The van der Waals surface area contributed by atoms with E-state index in [1.807, 2.05) is 60.7 Å². The Labute approximate surface area is 155 Å². The summed E-state index contributed by atoms with van der Waals surface area (Å²) in [5.41, 5.74) is 3.60. The van der Waals surface area contributed by atoms with Crippen LogP contribution in [0, 0.1) is 0 Å². The van der Waals surface area contributed by atoms with Crippen LogP contribution < -0.4 is 5.32 Å². The second-order valence-electron chi connectivity index (χ2n) is 5.78. The first kappa shape index (κ1) is 16.2. The molecule has 0 radical (unpaired) electrons. The largest absolute Gasteiger partial charge is 0.321 e. The summed E-state index contributed by atoms with van der Waals surface area (Å²) in [5.74, 6) is -0.253. The van der Waals surface area contributed by atoms with Crippen molar-refractivity contribution in [1.82, 2.24) is 9.97 Å². The van der Waals surface area contributed by atoms with Gasteiger partial charge in [0.05, 0.1) is 5.52 Å². The summed E-state index contributed by atoms with van der Waals surface area (Å²) < 4.78 is 0. The first-order chi connectivity index (χ1) is 12.7. The Morgan fingerprint density at radius 2 is 1.65 bits per heavy atom. The van der Waals surface area contributed by atoms with Gasteiger partial charge in [0.15, 0.2) is 0 Å². The van der Waals surface area contributed by atoms with Crippen molar-refractivity contribution in [2.24, 2.45) is 0 Å². The average Bonchev–Trinajstić information content (AvgIpc) is 2.68. The summed E-state index contributed by atoms with van der Waals surface area (Å²) in [4.78, 5) is 21.4. The summed E-state index contributed by atoms with van der Waals surface area (Å²) in [6.07, 6.45) is 3.48. The molecule has 2 heterocycles. The van der Waals surface area contributed by atoms with Crippen LogP contribution in [-0.2, 0) is 0 Å². The Morgan fingerprint density at radius 1 is 0.885 bits per heavy atom. The van der Waals surface area contributed by atoms with Gasteiger partial charge in [-0.25, -0.2) is 4.98 Å². The van der Waals surface area contributed by atoms with E-state index in [0.29, 0.717) is 10.7 Å². The van der Waals surface area contributed by atoms with E-state index in [2.05, 4.69) is 15.3 Å². The van der Waals surface area contributed by atoms with Gasteiger partial charge in [-0.1, -0.05) is 41.9 Å². The summed E-state index contributed by atoms with van der Waals surface area (Å²) in [6, 6.07) is 20.3. The molecule has 0 saturated heterocycles. The lowest BCUT2D eigenvalue weighted by atomic mass is 10.0. The molecule has 4 aromatic rings. The normalized spacial score (nSPS) is 10.7. The van der Waals surface area contributed by atoms with Gasteiger partial charge in [0.1, 0.15) is 5.69 Å². The van der Waals surface area contributed by atoms with Gasteiger partial charge >= 0.3 is 0 Å². The molecule has 0 aliphatic rings. The molecule has 4 rings (SSSR count). The minimum Gasteiger partial charge on any atom is -0.321 e. The van der Waals surface area contributed by atoms with Gasteiger partial charge in [0.2, 0.25) is 0 Å². The van der Waals surface area contributed by atoms with E-state index in [-0.39, 0.29) is 5.91 Å². The molecule has 0 unspecified atom stereocenters. The predicted molar refractivity (Wildman–Crippen MR) is 104 cm³/mol. The number of aromatic nitrogens is 2. The average molecular weight is 360 g/mol. The fraction of sp³-hybridized carbons (Fsp3) is 0. The maximum Gasteiger partial charge on any atom is 0.274 e. The SMILES string of the molecule is O=C(Nc1ccccc1)c1ccc2cncc(-c3ccc(Cl)cc3)c2n1. The molecule has 0 aliphatic carbocycles. The third-order valence-corrected chi connectivity index (χ3v) is 4.27. The number of carbonyl (C=O) groups is 1. The Bertz CT molecular complexity index is 1080. The molecule has 0 bridgehead atoms. The standard InChI is InChI=1S/C21H14ClN3O/c22-16-9-6-14(7-10-16)18-13-23-12-15-8-11-19(25-20(15)18)21(26)24-17-4-2-1-3-5-17/h1-13H,(H,24,26). The Kier molecular flexibility index (Phi) is 4.33. The molecule has 0 aliphatic heterocycles. The van der Waals surface area contributed by atoms with Crippen LogP contribution in [0.1, 0.15) is 10.5 Å². The number of halogens is 1. The fourth-order valence-electron chi connectivity index (χ4n) is 2.73. The molecule has 0 spiro atoms. The molecule has 1 N–H and O–H groups in total. The van der Waals surface area contributed by atoms with Crippen LogP contribution >= 0.6 is 11.6 Å². The van der Waals surface area contributed by atoms with Crippen molar-refractivity contribution >= 4 is 34.1 Å². The molecule has 0 saturated carbocycles. The van der Waals surface area contributed by atoms with Crippen molar-refractivity contribution in [2.75, 3.05) is 5.32 Å². The number of hydrogen-bond donors (Lipinski definition) is 1. The lowest BCUT2D eigenvalue weighted by Gasteiger charge is -2.08. The zero-order valence-corrected chi connectivity index (χ0v) is 14.4. The van der Waals surface area contributed by atoms with Crippen molar-refractivity contribution in [3.63, 3.8) is 0 Å². The first-order valence-electron chi connectivity index (χ1n) is 8.08. The molecule has 26 heavy (non-hydrogen) atoms. The molecule has 5 heteroatoms. The first-order valence-corrected chi connectivity index (χ1v) is 8.45. The topological polar surface area (TPSA) is 54.9 Å². The highest BCUT2D eigenvalue weighted by atomic mass is 35.5.